The van der Waals surface area contributed by atoms with Gasteiger partial charge in [-0.1, -0.05) is 17.7 Å². The number of carbonyl (C=O) groups excluding carboxylic acids is 2. The predicted molar refractivity (Wildman–Crippen MR) is 182 cm³/mol. The van der Waals surface area contributed by atoms with E-state index in [1.165, 1.54) is 19.5 Å². The van der Waals surface area contributed by atoms with Crippen molar-refractivity contribution < 1.29 is 27.5 Å². The van der Waals surface area contributed by atoms with Crippen LogP contribution in [0.5, 0.6) is 5.75 Å². The lowest BCUT2D eigenvalue weighted by Gasteiger charge is -2.31. The van der Waals surface area contributed by atoms with Crippen molar-refractivity contribution in [1.82, 2.24) is 24.2 Å². The van der Waals surface area contributed by atoms with Crippen molar-refractivity contribution >= 4 is 56.0 Å². The molecule has 48 heavy (non-hydrogen) atoms. The summed E-state index contributed by atoms with van der Waals surface area (Å²) < 4.78 is 40.1. The topological polar surface area (TPSA) is 160 Å². The van der Waals surface area contributed by atoms with Gasteiger partial charge in [0, 0.05) is 25.5 Å². The highest BCUT2D eigenvalue weighted by molar-refractivity contribution is 7.90. The Morgan fingerprint density at radius 2 is 1.90 bits per heavy atom. The van der Waals surface area contributed by atoms with Gasteiger partial charge in [-0.25, -0.2) is 12.4 Å². The first-order valence-corrected chi connectivity index (χ1v) is 16.9. The minimum absolute atomic E-state index is 0.0297. The number of aromatic nitrogens is 3. The van der Waals surface area contributed by atoms with Crippen molar-refractivity contribution in [3.05, 3.63) is 72.1 Å². The number of aryl methyl sites for hydroxylation is 2. The van der Waals surface area contributed by atoms with Crippen LogP contribution in [-0.2, 0) is 30.8 Å². The molecule has 0 radical (unpaired) electrons. The van der Waals surface area contributed by atoms with Crippen LogP contribution < -0.4 is 25.6 Å². The second kappa shape index (κ2) is 13.2. The molecule has 2 unspecified atom stereocenters. The van der Waals surface area contributed by atoms with Gasteiger partial charge in [0.15, 0.2) is 11.8 Å². The number of nitrogens with zero attached hydrogens (tertiary/aromatic N) is 5. The summed E-state index contributed by atoms with van der Waals surface area (Å²) in [5.41, 5.74) is 3.24. The first-order chi connectivity index (χ1) is 23.0. The van der Waals surface area contributed by atoms with E-state index in [-0.39, 0.29) is 40.7 Å². The molecule has 0 bridgehead atoms. The van der Waals surface area contributed by atoms with Gasteiger partial charge in [-0.05, 0) is 75.8 Å². The molecule has 2 aromatic carbocycles. The highest BCUT2D eigenvalue weighted by Gasteiger charge is 2.33. The van der Waals surface area contributed by atoms with Gasteiger partial charge in [0.05, 0.1) is 41.9 Å². The van der Waals surface area contributed by atoms with Crippen LogP contribution in [0.2, 0.25) is 0 Å². The zero-order valence-corrected chi connectivity index (χ0v) is 28.2. The Balaban J connectivity index is 1.46. The number of ether oxygens (including phenoxy) is 2. The highest BCUT2D eigenvalue weighted by Crippen LogP contribution is 2.38. The van der Waals surface area contributed by atoms with Gasteiger partial charge in [-0.2, -0.15) is 9.97 Å². The lowest BCUT2D eigenvalue weighted by atomic mass is 10.00. The summed E-state index contributed by atoms with van der Waals surface area (Å²) in [6.07, 6.45) is 5.27. The standard InChI is InChI=1S/C33H38N8O6S/c1-20-8-10-22(11-9-20)48(44,45)41-15-12-23-30(35-24-13-16-47-29(24)32(43)34-2)37-33(38-31(23)41)36-25-18-26-21(17-27(25)46-5)7-6-14-40(26)28(42)19-39(3)4/h8-13,15-18,24,29H,6-7,14,19H2,1-5H3,(H,34,43)(H2,35,36,37,38). The maximum Gasteiger partial charge on any atom is 0.269 e. The van der Waals surface area contributed by atoms with Crippen molar-refractivity contribution in [2.75, 3.05) is 56.9 Å². The number of carbonyl (C=O) groups is 2. The smallest absolute Gasteiger partial charge is 0.269 e. The third kappa shape index (κ3) is 6.25. The second-order valence-corrected chi connectivity index (χ2v) is 13.7. The van der Waals surface area contributed by atoms with Crippen LogP contribution in [0.15, 0.2) is 65.9 Å². The highest BCUT2D eigenvalue weighted by atomic mass is 32.2. The van der Waals surface area contributed by atoms with Crippen molar-refractivity contribution in [3.63, 3.8) is 0 Å². The van der Waals surface area contributed by atoms with E-state index in [2.05, 4.69) is 20.9 Å². The minimum Gasteiger partial charge on any atom is -0.495 e. The summed E-state index contributed by atoms with van der Waals surface area (Å²) in [6.45, 7) is 2.71. The third-order valence-corrected chi connectivity index (χ3v) is 9.93. The van der Waals surface area contributed by atoms with Crippen molar-refractivity contribution in [2.45, 2.75) is 36.8 Å². The summed E-state index contributed by atoms with van der Waals surface area (Å²) in [5.74, 6) is 0.465. The van der Waals surface area contributed by atoms with Gasteiger partial charge in [-0.15, -0.1) is 0 Å². The molecule has 14 nitrogen and oxygen atoms in total. The van der Waals surface area contributed by atoms with Crippen LogP contribution in [0.4, 0.5) is 23.1 Å². The number of anilines is 4. The van der Waals surface area contributed by atoms with Gasteiger partial charge in [-0.3, -0.25) is 9.59 Å². The van der Waals surface area contributed by atoms with Gasteiger partial charge < -0.3 is 35.2 Å². The van der Waals surface area contributed by atoms with E-state index in [0.29, 0.717) is 23.4 Å². The van der Waals surface area contributed by atoms with E-state index < -0.39 is 22.2 Å². The summed E-state index contributed by atoms with van der Waals surface area (Å²) in [5, 5.41) is 9.46. The van der Waals surface area contributed by atoms with Crippen LogP contribution in [0.3, 0.4) is 0 Å². The molecular formula is C33H38N8O6S. The molecule has 0 fully saturated rings. The van der Waals surface area contributed by atoms with Crippen LogP contribution in [0.25, 0.3) is 11.0 Å². The molecule has 0 spiro atoms. The SMILES string of the molecule is CNC(=O)C1OC=CC1Nc1nc(Nc2cc3c(cc2OC)CCCN3C(=O)CN(C)C)nc2c1ccn2S(=O)(=O)c1ccc(C)cc1. The number of rotatable bonds is 10. The monoisotopic (exact) mass is 674 g/mol. The number of hydrogen-bond acceptors (Lipinski definition) is 11. The number of fused-ring (bicyclic) bond motifs is 2. The Morgan fingerprint density at radius 3 is 2.60 bits per heavy atom. The molecule has 4 heterocycles. The molecular weight excluding hydrogens is 636 g/mol. The number of likely N-dealkylation sites (N-methyl/N-ethyl adjacent to an activating group) is 2. The molecule has 2 amide bonds. The largest absolute Gasteiger partial charge is 0.495 e. The van der Waals surface area contributed by atoms with E-state index in [9.17, 15) is 18.0 Å². The molecule has 2 aromatic heterocycles. The number of hydrogen-bond donors (Lipinski definition) is 3. The van der Waals surface area contributed by atoms with E-state index >= 15 is 0 Å². The lowest BCUT2D eigenvalue weighted by molar-refractivity contribution is -0.128. The van der Waals surface area contributed by atoms with E-state index in [1.54, 1.807) is 48.4 Å². The molecule has 0 saturated carbocycles. The quantitative estimate of drug-likeness (QED) is 0.227. The van der Waals surface area contributed by atoms with Crippen molar-refractivity contribution in [3.8, 4) is 5.75 Å². The average molecular weight is 675 g/mol. The number of amides is 2. The number of methoxy groups -OCH3 is 1. The second-order valence-electron chi connectivity index (χ2n) is 11.9. The van der Waals surface area contributed by atoms with Crippen LogP contribution >= 0.6 is 0 Å². The molecule has 4 aromatic rings. The molecule has 15 heteroatoms. The Labute approximate surface area is 278 Å². The number of benzene rings is 2. The van der Waals surface area contributed by atoms with E-state index in [1.807, 2.05) is 38.1 Å². The maximum absolute atomic E-state index is 13.9. The molecule has 2 aliphatic rings. The van der Waals surface area contributed by atoms with E-state index in [4.69, 9.17) is 14.5 Å². The molecule has 6 rings (SSSR count). The lowest BCUT2D eigenvalue weighted by Crippen LogP contribution is -2.42. The summed E-state index contributed by atoms with van der Waals surface area (Å²) in [7, 11) is 2.71. The summed E-state index contributed by atoms with van der Waals surface area (Å²) >= 11 is 0. The normalized spacial score (nSPS) is 17.2. The third-order valence-electron chi connectivity index (χ3n) is 8.25. The molecule has 0 aliphatic carbocycles. The first-order valence-electron chi connectivity index (χ1n) is 15.4. The van der Waals surface area contributed by atoms with Crippen molar-refractivity contribution in [2.24, 2.45) is 0 Å². The zero-order chi connectivity index (χ0) is 34.2. The fourth-order valence-corrected chi connectivity index (χ4v) is 7.13. The van der Waals surface area contributed by atoms with Crippen LogP contribution in [0.1, 0.15) is 17.5 Å². The van der Waals surface area contributed by atoms with Gasteiger partial charge in [0.25, 0.3) is 15.9 Å². The van der Waals surface area contributed by atoms with Gasteiger partial charge in [0.1, 0.15) is 11.6 Å². The molecule has 2 atom stereocenters. The summed E-state index contributed by atoms with van der Waals surface area (Å²) in [4.78, 5) is 38.8. The predicted octanol–water partition coefficient (Wildman–Crippen LogP) is 3.01. The maximum atomic E-state index is 13.9. The molecule has 3 N–H and O–H groups in total. The average Bonchev–Trinajstić information content (AvgIpc) is 3.71. The Hall–Kier alpha value is -5.15. The Bertz CT molecular complexity index is 2010. The van der Waals surface area contributed by atoms with Crippen molar-refractivity contribution in [1.29, 1.82) is 0 Å². The fourth-order valence-electron chi connectivity index (χ4n) is 5.84. The molecule has 2 aliphatic heterocycles. The fraction of sp³-hybridized carbons (Fsp3) is 0.333. The Kier molecular flexibility index (Phi) is 8.99. The zero-order valence-electron chi connectivity index (χ0n) is 27.4. The van der Waals surface area contributed by atoms with Gasteiger partial charge >= 0.3 is 0 Å². The van der Waals surface area contributed by atoms with Crippen LogP contribution in [-0.4, -0.2) is 92.6 Å². The number of nitrogens with one attached hydrogen (secondary N) is 3. The summed E-state index contributed by atoms with van der Waals surface area (Å²) in [6, 6.07) is 11.3. The van der Waals surface area contributed by atoms with E-state index in [0.717, 1.165) is 33.6 Å². The first kappa shape index (κ1) is 32.8. The van der Waals surface area contributed by atoms with Gasteiger partial charge in [0.2, 0.25) is 11.9 Å². The van der Waals surface area contributed by atoms with Crippen LogP contribution in [0, 0.1) is 6.92 Å². The Morgan fingerprint density at radius 1 is 1.12 bits per heavy atom. The molecule has 0 saturated heterocycles. The minimum atomic E-state index is -4.06. The molecule has 252 valence electrons.